The van der Waals surface area contributed by atoms with E-state index in [-0.39, 0.29) is 23.5 Å². The highest BCUT2D eigenvalue weighted by Gasteiger charge is 2.29. The normalized spacial score (nSPS) is 26.4. The van der Waals surface area contributed by atoms with Gasteiger partial charge in [-0.25, -0.2) is 8.42 Å². The fourth-order valence-corrected chi connectivity index (χ4v) is 3.72. The molecule has 0 aromatic rings. The standard InChI is InChI=1S/C10H19NO4S/c1-15-10(12)6-7-16(13,14)9-4-2-8(11)3-5-9/h8-9H,2-7,11H2,1H3. The summed E-state index contributed by atoms with van der Waals surface area (Å²) in [5.41, 5.74) is 5.72. The highest BCUT2D eigenvalue weighted by atomic mass is 32.2. The van der Waals surface area contributed by atoms with Gasteiger partial charge in [0.05, 0.1) is 24.5 Å². The fraction of sp³-hybridized carbons (Fsp3) is 0.900. The summed E-state index contributed by atoms with van der Waals surface area (Å²) in [6.07, 6.45) is 2.68. The molecule has 5 nitrogen and oxygen atoms in total. The Labute approximate surface area is 96.3 Å². The van der Waals surface area contributed by atoms with Crippen molar-refractivity contribution in [1.82, 2.24) is 0 Å². The largest absolute Gasteiger partial charge is 0.469 e. The van der Waals surface area contributed by atoms with Crippen molar-refractivity contribution in [1.29, 1.82) is 0 Å². The molecule has 1 fully saturated rings. The van der Waals surface area contributed by atoms with E-state index >= 15 is 0 Å². The van der Waals surface area contributed by atoms with Crippen LogP contribution in [0.1, 0.15) is 32.1 Å². The van der Waals surface area contributed by atoms with Crippen LogP contribution in [0.2, 0.25) is 0 Å². The molecule has 1 aliphatic rings. The summed E-state index contributed by atoms with van der Waals surface area (Å²) >= 11 is 0. The maximum Gasteiger partial charge on any atom is 0.306 e. The van der Waals surface area contributed by atoms with Crippen molar-refractivity contribution in [2.24, 2.45) is 5.73 Å². The summed E-state index contributed by atoms with van der Waals surface area (Å²) in [7, 11) is -1.91. The molecular formula is C10H19NO4S. The van der Waals surface area contributed by atoms with Crippen molar-refractivity contribution in [3.8, 4) is 0 Å². The third-order valence-corrected chi connectivity index (χ3v) is 5.31. The highest BCUT2D eigenvalue weighted by Crippen LogP contribution is 2.24. The number of ether oxygens (including phenoxy) is 1. The summed E-state index contributed by atoms with van der Waals surface area (Å²) < 4.78 is 28.2. The fourth-order valence-electron chi connectivity index (χ4n) is 1.94. The van der Waals surface area contributed by atoms with Gasteiger partial charge in [0, 0.05) is 6.04 Å². The zero-order chi connectivity index (χ0) is 12.2. The zero-order valence-electron chi connectivity index (χ0n) is 9.52. The minimum absolute atomic E-state index is 0.0542. The second-order valence-corrected chi connectivity index (χ2v) is 6.63. The topological polar surface area (TPSA) is 86.5 Å². The number of esters is 1. The molecule has 0 heterocycles. The third-order valence-electron chi connectivity index (χ3n) is 3.05. The van der Waals surface area contributed by atoms with Gasteiger partial charge in [-0.15, -0.1) is 0 Å². The monoisotopic (exact) mass is 249 g/mol. The Balaban J connectivity index is 2.47. The van der Waals surface area contributed by atoms with Gasteiger partial charge in [0.2, 0.25) is 0 Å². The molecule has 0 aromatic heterocycles. The SMILES string of the molecule is COC(=O)CCS(=O)(=O)C1CCC(N)CC1. The zero-order valence-corrected chi connectivity index (χ0v) is 10.3. The molecule has 6 heteroatoms. The van der Waals surface area contributed by atoms with E-state index in [0.717, 1.165) is 12.8 Å². The van der Waals surface area contributed by atoms with Crippen molar-refractivity contribution in [2.75, 3.05) is 12.9 Å². The summed E-state index contributed by atoms with van der Waals surface area (Å²) in [6.45, 7) is 0. The summed E-state index contributed by atoms with van der Waals surface area (Å²) in [5.74, 6) is -0.587. The van der Waals surface area contributed by atoms with Crippen LogP contribution in [0.3, 0.4) is 0 Å². The van der Waals surface area contributed by atoms with Crippen LogP contribution in [0.5, 0.6) is 0 Å². The first kappa shape index (κ1) is 13.4. The Kier molecular flexibility index (Phi) is 4.73. The van der Waals surface area contributed by atoms with E-state index in [1.54, 1.807) is 0 Å². The third kappa shape index (κ3) is 3.75. The predicted molar refractivity (Wildman–Crippen MR) is 60.7 cm³/mol. The second-order valence-electron chi connectivity index (χ2n) is 4.23. The number of hydrogen-bond donors (Lipinski definition) is 1. The van der Waals surface area contributed by atoms with E-state index in [9.17, 15) is 13.2 Å². The molecule has 0 aromatic carbocycles. The van der Waals surface area contributed by atoms with Crippen LogP contribution in [-0.4, -0.2) is 38.5 Å². The molecule has 16 heavy (non-hydrogen) atoms. The number of hydrogen-bond acceptors (Lipinski definition) is 5. The first-order chi connectivity index (χ1) is 7.45. The molecule has 2 N–H and O–H groups in total. The van der Waals surface area contributed by atoms with Crippen LogP contribution in [0.15, 0.2) is 0 Å². The van der Waals surface area contributed by atoms with Crippen molar-refractivity contribution in [2.45, 2.75) is 43.4 Å². The Morgan fingerprint density at radius 3 is 2.38 bits per heavy atom. The molecule has 0 bridgehead atoms. The van der Waals surface area contributed by atoms with Crippen LogP contribution in [0, 0.1) is 0 Å². The molecular weight excluding hydrogens is 230 g/mol. The second kappa shape index (κ2) is 5.63. The summed E-state index contributed by atoms with van der Waals surface area (Å²) in [5, 5.41) is -0.322. The number of methoxy groups -OCH3 is 1. The molecule has 0 amide bonds. The van der Waals surface area contributed by atoms with E-state index in [4.69, 9.17) is 5.73 Å². The summed E-state index contributed by atoms with van der Waals surface area (Å²) in [6, 6.07) is 0.132. The van der Waals surface area contributed by atoms with Gasteiger partial charge in [-0.2, -0.15) is 0 Å². The van der Waals surface area contributed by atoms with Crippen molar-refractivity contribution < 1.29 is 17.9 Å². The van der Waals surface area contributed by atoms with Gasteiger partial charge in [0.1, 0.15) is 0 Å². The first-order valence-electron chi connectivity index (χ1n) is 5.49. The average Bonchev–Trinajstić information content (AvgIpc) is 2.26. The van der Waals surface area contributed by atoms with Crippen molar-refractivity contribution in [3.63, 3.8) is 0 Å². The number of sulfone groups is 1. The Bertz CT molecular complexity index is 331. The average molecular weight is 249 g/mol. The molecule has 0 spiro atoms. The molecule has 0 radical (unpaired) electrons. The number of carbonyl (C=O) groups excluding carboxylic acids is 1. The Morgan fingerprint density at radius 1 is 1.31 bits per heavy atom. The molecule has 0 atom stereocenters. The maximum absolute atomic E-state index is 11.9. The van der Waals surface area contributed by atoms with Gasteiger partial charge in [-0.3, -0.25) is 4.79 Å². The van der Waals surface area contributed by atoms with E-state index in [1.165, 1.54) is 7.11 Å². The van der Waals surface area contributed by atoms with Crippen LogP contribution < -0.4 is 5.73 Å². The number of nitrogens with two attached hydrogens (primary N) is 1. The number of rotatable bonds is 4. The lowest BCUT2D eigenvalue weighted by Gasteiger charge is -2.25. The molecule has 1 aliphatic carbocycles. The van der Waals surface area contributed by atoms with E-state index in [0.29, 0.717) is 12.8 Å². The van der Waals surface area contributed by atoms with Crippen molar-refractivity contribution in [3.05, 3.63) is 0 Å². The van der Waals surface area contributed by atoms with Gasteiger partial charge in [-0.05, 0) is 25.7 Å². The minimum Gasteiger partial charge on any atom is -0.469 e. The molecule has 0 aliphatic heterocycles. The van der Waals surface area contributed by atoms with Crippen LogP contribution in [0.25, 0.3) is 0 Å². The van der Waals surface area contributed by atoms with Gasteiger partial charge in [0.25, 0.3) is 0 Å². The van der Waals surface area contributed by atoms with E-state index < -0.39 is 15.8 Å². The molecule has 1 saturated carbocycles. The highest BCUT2D eigenvalue weighted by molar-refractivity contribution is 7.92. The quantitative estimate of drug-likeness (QED) is 0.721. The molecule has 0 saturated heterocycles. The van der Waals surface area contributed by atoms with Crippen LogP contribution in [-0.2, 0) is 19.4 Å². The van der Waals surface area contributed by atoms with Crippen LogP contribution >= 0.6 is 0 Å². The molecule has 1 rings (SSSR count). The maximum atomic E-state index is 11.9. The van der Waals surface area contributed by atoms with Gasteiger partial charge in [-0.1, -0.05) is 0 Å². The first-order valence-corrected chi connectivity index (χ1v) is 7.21. The van der Waals surface area contributed by atoms with Gasteiger partial charge in [0.15, 0.2) is 9.84 Å². The van der Waals surface area contributed by atoms with Gasteiger partial charge >= 0.3 is 5.97 Å². The predicted octanol–water partition coefficient (Wildman–Crippen LogP) is 0.234. The molecule has 0 unspecified atom stereocenters. The number of carbonyl (C=O) groups is 1. The minimum atomic E-state index is -3.17. The molecule has 94 valence electrons. The lowest BCUT2D eigenvalue weighted by molar-refractivity contribution is -0.140. The van der Waals surface area contributed by atoms with E-state index in [1.807, 2.05) is 0 Å². The Hall–Kier alpha value is -0.620. The Morgan fingerprint density at radius 2 is 1.88 bits per heavy atom. The van der Waals surface area contributed by atoms with Crippen molar-refractivity contribution >= 4 is 15.8 Å². The van der Waals surface area contributed by atoms with E-state index in [2.05, 4.69) is 4.74 Å². The van der Waals surface area contributed by atoms with Crippen LogP contribution in [0.4, 0.5) is 0 Å². The summed E-state index contributed by atoms with van der Waals surface area (Å²) in [4.78, 5) is 10.9. The smallest absolute Gasteiger partial charge is 0.306 e. The lowest BCUT2D eigenvalue weighted by atomic mass is 9.96. The van der Waals surface area contributed by atoms with Gasteiger partial charge < -0.3 is 10.5 Å². The lowest BCUT2D eigenvalue weighted by Crippen LogP contribution is -2.34.